The molecule has 0 saturated heterocycles. The van der Waals surface area contributed by atoms with Crippen LogP contribution in [0.4, 0.5) is 0 Å². The molecule has 0 unspecified atom stereocenters. The Balaban J connectivity index is 3.31. The molecule has 0 aromatic carbocycles. The summed E-state index contributed by atoms with van der Waals surface area (Å²) in [7, 11) is 0. The first kappa shape index (κ1) is 8.01. The molecule has 0 aliphatic carbocycles. The minimum Gasteiger partial charge on any atom is -0.492 e. The van der Waals surface area contributed by atoms with E-state index < -0.39 is 11.4 Å². The lowest BCUT2D eigenvalue weighted by molar-refractivity contribution is -0.103. The van der Waals surface area contributed by atoms with Crippen molar-refractivity contribution in [1.82, 2.24) is 9.97 Å². The SMILES string of the molecule is O=CC#Cc1c(O)nc[nH]c1=O. The number of nitrogens with one attached hydrogen (secondary N) is 1. The number of hydrogen-bond donors (Lipinski definition) is 2. The summed E-state index contributed by atoms with van der Waals surface area (Å²) in [6, 6.07) is 0. The summed E-state index contributed by atoms with van der Waals surface area (Å²) < 4.78 is 0. The zero-order valence-electron chi connectivity index (χ0n) is 5.87. The Kier molecular flexibility index (Phi) is 2.23. The second-order valence-electron chi connectivity index (χ2n) is 1.82. The van der Waals surface area contributed by atoms with Gasteiger partial charge in [0.25, 0.3) is 5.56 Å². The fourth-order valence-corrected chi connectivity index (χ4v) is 0.605. The van der Waals surface area contributed by atoms with Gasteiger partial charge in [0.15, 0.2) is 11.8 Å². The summed E-state index contributed by atoms with van der Waals surface area (Å²) in [5.74, 6) is 3.67. The van der Waals surface area contributed by atoms with Gasteiger partial charge in [-0.3, -0.25) is 9.59 Å². The van der Waals surface area contributed by atoms with Crippen LogP contribution in [-0.4, -0.2) is 21.4 Å². The summed E-state index contributed by atoms with van der Waals surface area (Å²) in [5.41, 5.74) is -0.776. The molecule has 0 spiro atoms. The molecular formula is C7H4N2O3. The van der Waals surface area contributed by atoms with Gasteiger partial charge >= 0.3 is 0 Å². The molecule has 0 aliphatic rings. The molecule has 5 nitrogen and oxygen atoms in total. The predicted octanol–water partition coefficient (Wildman–Crippen LogP) is -0.974. The van der Waals surface area contributed by atoms with Gasteiger partial charge in [-0.2, -0.15) is 0 Å². The lowest BCUT2D eigenvalue weighted by Crippen LogP contribution is -2.09. The van der Waals surface area contributed by atoms with Crippen LogP contribution in [0.1, 0.15) is 5.56 Å². The molecule has 12 heavy (non-hydrogen) atoms. The molecule has 0 atom stereocenters. The molecule has 1 heterocycles. The first-order valence-corrected chi connectivity index (χ1v) is 2.97. The molecule has 0 bridgehead atoms. The number of hydrogen-bond acceptors (Lipinski definition) is 4. The number of carbonyl (C=O) groups excluding carboxylic acids is 1. The Morgan fingerprint density at radius 2 is 2.42 bits per heavy atom. The van der Waals surface area contributed by atoms with Gasteiger partial charge in [-0.25, -0.2) is 4.98 Å². The first-order chi connectivity index (χ1) is 5.75. The molecular weight excluding hydrogens is 160 g/mol. The molecule has 2 N–H and O–H groups in total. The van der Waals surface area contributed by atoms with E-state index >= 15 is 0 Å². The highest BCUT2D eigenvalue weighted by atomic mass is 16.3. The van der Waals surface area contributed by atoms with Gasteiger partial charge in [-0.1, -0.05) is 0 Å². The lowest BCUT2D eigenvalue weighted by atomic mass is 10.3. The van der Waals surface area contributed by atoms with Crippen molar-refractivity contribution in [3.8, 4) is 17.7 Å². The van der Waals surface area contributed by atoms with Crippen molar-refractivity contribution in [2.75, 3.05) is 0 Å². The van der Waals surface area contributed by atoms with Gasteiger partial charge in [0.05, 0.1) is 6.33 Å². The minimum absolute atomic E-state index is 0.204. The number of carbonyl (C=O) groups is 1. The van der Waals surface area contributed by atoms with E-state index in [1.165, 1.54) is 0 Å². The molecule has 0 aliphatic heterocycles. The maximum atomic E-state index is 10.9. The summed E-state index contributed by atoms with van der Waals surface area (Å²) in [6.45, 7) is 0. The Morgan fingerprint density at radius 1 is 1.67 bits per heavy atom. The monoisotopic (exact) mass is 164 g/mol. The van der Waals surface area contributed by atoms with Crippen molar-refractivity contribution in [3.63, 3.8) is 0 Å². The van der Waals surface area contributed by atoms with Gasteiger partial charge in [0.1, 0.15) is 0 Å². The van der Waals surface area contributed by atoms with E-state index in [4.69, 9.17) is 5.11 Å². The third-order valence-corrected chi connectivity index (χ3v) is 1.09. The third-order valence-electron chi connectivity index (χ3n) is 1.09. The van der Waals surface area contributed by atoms with Gasteiger partial charge in [-0.15, -0.1) is 0 Å². The Morgan fingerprint density at radius 3 is 3.00 bits per heavy atom. The fraction of sp³-hybridized carbons (Fsp3) is 0. The average Bonchev–Trinajstić information content (AvgIpc) is 2.04. The van der Waals surface area contributed by atoms with Crippen LogP contribution >= 0.6 is 0 Å². The fourth-order valence-electron chi connectivity index (χ4n) is 0.605. The zero-order chi connectivity index (χ0) is 8.97. The van der Waals surface area contributed by atoms with Crippen LogP contribution in [0, 0.1) is 11.8 Å². The van der Waals surface area contributed by atoms with Crippen LogP contribution in [0.2, 0.25) is 0 Å². The Bertz CT molecular complexity index is 411. The number of rotatable bonds is 0. The zero-order valence-corrected chi connectivity index (χ0v) is 5.87. The summed E-state index contributed by atoms with van der Waals surface area (Å²) in [5, 5.41) is 8.97. The molecule has 0 saturated carbocycles. The second-order valence-corrected chi connectivity index (χ2v) is 1.82. The van der Waals surface area contributed by atoms with E-state index in [-0.39, 0.29) is 5.56 Å². The largest absolute Gasteiger partial charge is 0.492 e. The maximum Gasteiger partial charge on any atom is 0.270 e. The standard InChI is InChI=1S/C7H4N2O3/c10-3-1-2-5-6(11)8-4-9-7(5)12/h3-4H,(H2,8,9,11,12). The number of aldehydes is 1. The number of aromatic nitrogens is 2. The van der Waals surface area contributed by atoms with Crippen molar-refractivity contribution in [2.24, 2.45) is 0 Å². The van der Waals surface area contributed by atoms with Crippen LogP contribution in [0.15, 0.2) is 11.1 Å². The Labute approximate surface area is 67.1 Å². The lowest BCUT2D eigenvalue weighted by Gasteiger charge is -1.90. The molecule has 60 valence electrons. The van der Waals surface area contributed by atoms with Crippen LogP contribution in [-0.2, 0) is 4.79 Å². The molecule has 5 heteroatoms. The van der Waals surface area contributed by atoms with Crippen molar-refractivity contribution < 1.29 is 9.90 Å². The quantitative estimate of drug-likeness (QED) is 0.381. The minimum atomic E-state index is -0.572. The number of H-pyrrole nitrogens is 1. The summed E-state index contributed by atoms with van der Waals surface area (Å²) >= 11 is 0. The first-order valence-electron chi connectivity index (χ1n) is 2.97. The topological polar surface area (TPSA) is 83.0 Å². The van der Waals surface area contributed by atoms with E-state index in [0.29, 0.717) is 6.29 Å². The summed E-state index contributed by atoms with van der Waals surface area (Å²) in [4.78, 5) is 26.3. The number of aromatic amines is 1. The van der Waals surface area contributed by atoms with Crippen molar-refractivity contribution >= 4 is 6.29 Å². The van der Waals surface area contributed by atoms with Gasteiger partial charge in [-0.05, 0) is 11.8 Å². The van der Waals surface area contributed by atoms with Crippen molar-refractivity contribution in [2.45, 2.75) is 0 Å². The van der Waals surface area contributed by atoms with Gasteiger partial charge < -0.3 is 10.1 Å². The molecule has 1 aromatic heterocycles. The van der Waals surface area contributed by atoms with Crippen LogP contribution < -0.4 is 5.56 Å². The van der Waals surface area contributed by atoms with E-state index in [9.17, 15) is 9.59 Å². The third kappa shape index (κ3) is 1.49. The average molecular weight is 164 g/mol. The van der Waals surface area contributed by atoms with Crippen molar-refractivity contribution in [1.29, 1.82) is 0 Å². The maximum absolute atomic E-state index is 10.9. The smallest absolute Gasteiger partial charge is 0.270 e. The Hall–Kier alpha value is -2.09. The predicted molar refractivity (Wildman–Crippen MR) is 39.5 cm³/mol. The number of aromatic hydroxyl groups is 1. The highest BCUT2D eigenvalue weighted by Gasteiger charge is 2.02. The summed E-state index contributed by atoms with van der Waals surface area (Å²) in [6.07, 6.45) is 1.37. The molecule has 0 amide bonds. The van der Waals surface area contributed by atoms with E-state index in [1.54, 1.807) is 0 Å². The molecule has 0 radical (unpaired) electrons. The van der Waals surface area contributed by atoms with Gasteiger partial charge in [0, 0.05) is 0 Å². The second kappa shape index (κ2) is 3.34. The van der Waals surface area contributed by atoms with E-state index in [1.807, 2.05) is 5.92 Å². The van der Waals surface area contributed by atoms with Crippen molar-refractivity contribution in [3.05, 3.63) is 22.2 Å². The van der Waals surface area contributed by atoms with Crippen LogP contribution in [0.25, 0.3) is 0 Å². The van der Waals surface area contributed by atoms with E-state index in [2.05, 4.69) is 15.9 Å². The van der Waals surface area contributed by atoms with E-state index in [0.717, 1.165) is 6.33 Å². The molecule has 0 fully saturated rings. The van der Waals surface area contributed by atoms with Crippen LogP contribution in [0.5, 0.6) is 5.88 Å². The molecule has 1 aromatic rings. The highest BCUT2D eigenvalue weighted by molar-refractivity contribution is 5.74. The van der Waals surface area contributed by atoms with Crippen LogP contribution in [0.3, 0.4) is 0 Å². The van der Waals surface area contributed by atoms with Gasteiger partial charge in [0.2, 0.25) is 5.88 Å². The highest BCUT2D eigenvalue weighted by Crippen LogP contribution is 2.02. The number of nitrogens with zero attached hydrogens (tertiary/aromatic N) is 1. The molecule has 1 rings (SSSR count). The normalized spacial score (nSPS) is 8.33.